The Bertz CT molecular complexity index is 333. The molecule has 0 unspecified atom stereocenters. The number of methoxy groups -OCH3 is 1. The Morgan fingerprint density at radius 1 is 1.53 bits per heavy atom. The van der Waals surface area contributed by atoms with Crippen LogP contribution in [0.15, 0.2) is 12.3 Å². The van der Waals surface area contributed by atoms with Gasteiger partial charge in [-0.2, -0.15) is 0 Å². The summed E-state index contributed by atoms with van der Waals surface area (Å²) in [6.07, 6.45) is 2.37. The molecule has 5 nitrogen and oxygen atoms in total. The molecule has 0 amide bonds. The first-order chi connectivity index (χ1) is 7.15. The van der Waals surface area contributed by atoms with Gasteiger partial charge in [-0.25, -0.2) is 4.79 Å². The predicted molar refractivity (Wildman–Crippen MR) is 56.6 cm³/mol. The van der Waals surface area contributed by atoms with E-state index in [2.05, 4.69) is 0 Å². The van der Waals surface area contributed by atoms with Crippen LogP contribution in [0.5, 0.6) is 0 Å². The third-order valence-corrected chi connectivity index (χ3v) is 1.96. The molecule has 1 heterocycles. The van der Waals surface area contributed by atoms with Crippen molar-refractivity contribution in [2.24, 2.45) is 7.05 Å². The van der Waals surface area contributed by atoms with Gasteiger partial charge in [-0.3, -0.25) is 0 Å². The zero-order valence-electron chi connectivity index (χ0n) is 9.03. The lowest BCUT2D eigenvalue weighted by Crippen LogP contribution is -2.11. The second-order valence-corrected chi connectivity index (χ2v) is 3.25. The Morgan fingerprint density at radius 3 is 2.80 bits per heavy atom. The molecule has 0 aromatic carbocycles. The molecule has 1 rings (SSSR count). The van der Waals surface area contributed by atoms with Crippen LogP contribution in [-0.2, 0) is 16.5 Å². The van der Waals surface area contributed by atoms with Crippen molar-refractivity contribution in [2.45, 2.75) is 6.42 Å². The average molecular weight is 212 g/mol. The number of aromatic nitrogens is 1. The number of esters is 1. The lowest BCUT2D eigenvalue weighted by molar-refractivity contribution is 0.0457. The van der Waals surface area contributed by atoms with E-state index in [-0.39, 0.29) is 5.97 Å². The zero-order valence-corrected chi connectivity index (χ0v) is 9.03. The molecule has 0 atom stereocenters. The van der Waals surface area contributed by atoms with Crippen LogP contribution in [0.1, 0.15) is 16.9 Å². The standard InChI is InChI=1S/C10H16N2O3/c1-12-7-8(11)6-9(12)10(13)15-5-3-4-14-2/h6-7H,3-5,11H2,1-2H3. The number of anilines is 1. The molecule has 84 valence electrons. The van der Waals surface area contributed by atoms with Crippen LogP contribution in [0.2, 0.25) is 0 Å². The van der Waals surface area contributed by atoms with Crippen molar-refractivity contribution in [1.29, 1.82) is 0 Å². The number of nitrogens with zero attached hydrogens (tertiary/aromatic N) is 1. The van der Waals surface area contributed by atoms with Crippen LogP contribution in [0, 0.1) is 0 Å². The number of carbonyl (C=O) groups excluding carboxylic acids is 1. The van der Waals surface area contributed by atoms with Gasteiger partial charge in [0.2, 0.25) is 0 Å². The minimum atomic E-state index is -0.356. The van der Waals surface area contributed by atoms with Crippen molar-refractivity contribution < 1.29 is 14.3 Å². The molecule has 15 heavy (non-hydrogen) atoms. The highest BCUT2D eigenvalue weighted by Crippen LogP contribution is 2.09. The summed E-state index contributed by atoms with van der Waals surface area (Å²) < 4.78 is 11.5. The molecule has 5 heteroatoms. The molecule has 0 bridgehead atoms. The molecule has 0 spiro atoms. The molecule has 1 aromatic rings. The van der Waals surface area contributed by atoms with E-state index in [4.69, 9.17) is 15.2 Å². The summed E-state index contributed by atoms with van der Waals surface area (Å²) in [4.78, 5) is 11.5. The van der Waals surface area contributed by atoms with E-state index >= 15 is 0 Å². The first kappa shape index (κ1) is 11.6. The van der Waals surface area contributed by atoms with Crippen LogP contribution < -0.4 is 5.73 Å². The minimum Gasteiger partial charge on any atom is -0.461 e. The smallest absolute Gasteiger partial charge is 0.355 e. The highest BCUT2D eigenvalue weighted by molar-refractivity contribution is 5.89. The van der Waals surface area contributed by atoms with Gasteiger partial charge in [0.15, 0.2) is 0 Å². The van der Waals surface area contributed by atoms with Crippen molar-refractivity contribution in [1.82, 2.24) is 4.57 Å². The second kappa shape index (κ2) is 5.41. The van der Waals surface area contributed by atoms with Crippen LogP contribution in [0.4, 0.5) is 5.69 Å². The Morgan fingerprint density at radius 2 is 2.27 bits per heavy atom. The van der Waals surface area contributed by atoms with Gasteiger partial charge >= 0.3 is 5.97 Å². The Kier molecular flexibility index (Phi) is 4.17. The molecular formula is C10H16N2O3. The molecule has 0 aliphatic carbocycles. The van der Waals surface area contributed by atoms with Gasteiger partial charge in [-0.05, 0) is 6.07 Å². The van der Waals surface area contributed by atoms with Crippen LogP contribution in [-0.4, -0.2) is 30.9 Å². The van der Waals surface area contributed by atoms with Crippen molar-refractivity contribution >= 4 is 11.7 Å². The largest absolute Gasteiger partial charge is 0.461 e. The number of nitrogen functional groups attached to an aromatic ring is 1. The van der Waals surface area contributed by atoms with E-state index < -0.39 is 0 Å². The molecule has 2 N–H and O–H groups in total. The Labute approximate surface area is 88.8 Å². The van der Waals surface area contributed by atoms with Gasteiger partial charge in [0.25, 0.3) is 0 Å². The molecule has 1 aromatic heterocycles. The summed E-state index contributed by atoms with van der Waals surface area (Å²) in [7, 11) is 3.36. The van der Waals surface area contributed by atoms with Crippen LogP contribution >= 0.6 is 0 Å². The average Bonchev–Trinajstić information content (AvgIpc) is 2.52. The predicted octanol–water partition coefficient (Wildman–Crippen LogP) is 0.801. The number of nitrogens with two attached hydrogens (primary N) is 1. The van der Waals surface area contributed by atoms with Crippen LogP contribution in [0.3, 0.4) is 0 Å². The maximum absolute atomic E-state index is 11.5. The molecule has 0 radical (unpaired) electrons. The highest BCUT2D eigenvalue weighted by atomic mass is 16.5. The number of hydrogen-bond acceptors (Lipinski definition) is 4. The van der Waals surface area contributed by atoms with E-state index in [1.807, 2.05) is 0 Å². The SMILES string of the molecule is COCCCOC(=O)c1cc(N)cn1C. The number of ether oxygens (including phenoxy) is 2. The van der Waals surface area contributed by atoms with Crippen molar-refractivity contribution in [3.05, 3.63) is 18.0 Å². The molecule has 0 aliphatic heterocycles. The van der Waals surface area contributed by atoms with Crippen molar-refractivity contribution in [3.63, 3.8) is 0 Å². The number of carbonyl (C=O) groups is 1. The van der Waals surface area contributed by atoms with Crippen molar-refractivity contribution in [3.8, 4) is 0 Å². The van der Waals surface area contributed by atoms with E-state index in [0.717, 1.165) is 0 Å². The second-order valence-electron chi connectivity index (χ2n) is 3.25. The number of aryl methyl sites for hydroxylation is 1. The third kappa shape index (κ3) is 3.28. The summed E-state index contributed by atoms with van der Waals surface area (Å²) in [6, 6.07) is 1.60. The van der Waals surface area contributed by atoms with Gasteiger partial charge in [0.05, 0.1) is 12.3 Å². The molecule has 0 fully saturated rings. The first-order valence-electron chi connectivity index (χ1n) is 4.73. The van der Waals surface area contributed by atoms with Gasteiger partial charge in [0, 0.05) is 33.4 Å². The van der Waals surface area contributed by atoms with Gasteiger partial charge in [-0.1, -0.05) is 0 Å². The van der Waals surface area contributed by atoms with Gasteiger partial charge in [-0.15, -0.1) is 0 Å². The topological polar surface area (TPSA) is 66.5 Å². The summed E-state index contributed by atoms with van der Waals surface area (Å²) >= 11 is 0. The van der Waals surface area contributed by atoms with Crippen LogP contribution in [0.25, 0.3) is 0 Å². The van der Waals surface area contributed by atoms with E-state index in [1.165, 1.54) is 0 Å². The third-order valence-electron chi connectivity index (χ3n) is 1.96. The first-order valence-corrected chi connectivity index (χ1v) is 4.73. The fourth-order valence-electron chi connectivity index (χ4n) is 1.24. The molecular weight excluding hydrogens is 196 g/mol. The van der Waals surface area contributed by atoms with Crippen molar-refractivity contribution in [2.75, 3.05) is 26.1 Å². The van der Waals surface area contributed by atoms with E-state index in [1.54, 1.807) is 31.0 Å². The number of hydrogen-bond donors (Lipinski definition) is 1. The highest BCUT2D eigenvalue weighted by Gasteiger charge is 2.11. The van der Waals surface area contributed by atoms with Gasteiger partial charge < -0.3 is 19.8 Å². The zero-order chi connectivity index (χ0) is 11.3. The van der Waals surface area contributed by atoms with E-state index in [0.29, 0.717) is 31.0 Å². The summed E-state index contributed by atoms with van der Waals surface area (Å²) in [5.41, 5.74) is 6.56. The quantitative estimate of drug-likeness (QED) is 0.579. The minimum absolute atomic E-state index is 0.356. The summed E-state index contributed by atoms with van der Waals surface area (Å²) in [5, 5.41) is 0. The lowest BCUT2D eigenvalue weighted by Gasteiger charge is -2.04. The normalized spacial score (nSPS) is 10.3. The monoisotopic (exact) mass is 212 g/mol. The number of rotatable bonds is 5. The maximum atomic E-state index is 11.5. The maximum Gasteiger partial charge on any atom is 0.355 e. The van der Waals surface area contributed by atoms with Gasteiger partial charge in [0.1, 0.15) is 5.69 Å². The molecule has 0 saturated carbocycles. The fourth-order valence-corrected chi connectivity index (χ4v) is 1.24. The fraction of sp³-hybridized carbons (Fsp3) is 0.500. The summed E-state index contributed by atoms with van der Waals surface area (Å²) in [5.74, 6) is -0.356. The Hall–Kier alpha value is -1.49. The van der Waals surface area contributed by atoms with E-state index in [9.17, 15) is 4.79 Å². The Balaban J connectivity index is 2.43. The molecule has 0 saturated heterocycles. The lowest BCUT2D eigenvalue weighted by atomic mass is 10.4. The summed E-state index contributed by atoms with van der Waals surface area (Å²) in [6.45, 7) is 0.945. The molecule has 0 aliphatic rings.